The van der Waals surface area contributed by atoms with Gasteiger partial charge in [0.05, 0.1) is 0 Å². The van der Waals surface area contributed by atoms with E-state index in [-0.39, 0.29) is 17.7 Å². The Bertz CT molecular complexity index is 579. The Morgan fingerprint density at radius 3 is 2.62 bits per heavy atom. The van der Waals surface area contributed by atoms with Gasteiger partial charge >= 0.3 is 0 Å². The molecular formula is C16H20ClN3O. The first-order valence-corrected chi connectivity index (χ1v) is 7.87. The summed E-state index contributed by atoms with van der Waals surface area (Å²) in [7, 11) is 0. The van der Waals surface area contributed by atoms with E-state index in [9.17, 15) is 4.79 Å². The van der Waals surface area contributed by atoms with E-state index in [2.05, 4.69) is 5.32 Å². The van der Waals surface area contributed by atoms with Crippen LogP contribution in [0.1, 0.15) is 37.7 Å². The highest BCUT2D eigenvalue weighted by atomic mass is 35.5. The van der Waals surface area contributed by atoms with Gasteiger partial charge in [0.2, 0.25) is 0 Å². The first kappa shape index (κ1) is 14.4. The van der Waals surface area contributed by atoms with Crippen LogP contribution in [0.25, 0.3) is 0 Å². The largest absolute Gasteiger partial charge is 0.398 e. The number of carbonyl (C=O) groups excluding carboxylic acids is 1. The molecule has 4 nitrogen and oxygen atoms in total. The summed E-state index contributed by atoms with van der Waals surface area (Å²) in [5.41, 5.74) is 6.55. The van der Waals surface area contributed by atoms with Crippen LogP contribution in [0.4, 0.5) is 5.69 Å². The van der Waals surface area contributed by atoms with Crippen LogP contribution in [0.15, 0.2) is 18.2 Å². The minimum absolute atomic E-state index is 0.101. The van der Waals surface area contributed by atoms with Crippen molar-refractivity contribution in [1.29, 1.82) is 5.41 Å². The molecule has 0 saturated heterocycles. The van der Waals surface area contributed by atoms with Gasteiger partial charge in [-0.15, -0.1) is 0 Å². The van der Waals surface area contributed by atoms with Crippen molar-refractivity contribution in [2.75, 3.05) is 5.73 Å². The Balaban J connectivity index is 1.70. The number of rotatable bonds is 3. The van der Waals surface area contributed by atoms with Gasteiger partial charge in [0.1, 0.15) is 5.71 Å². The molecule has 1 aromatic carbocycles. The van der Waals surface area contributed by atoms with Gasteiger partial charge in [-0.25, -0.2) is 0 Å². The quantitative estimate of drug-likeness (QED) is 0.593. The van der Waals surface area contributed by atoms with Crippen molar-refractivity contribution in [1.82, 2.24) is 5.32 Å². The second kappa shape index (κ2) is 5.68. The number of amides is 1. The molecule has 3 aliphatic carbocycles. The zero-order valence-electron chi connectivity index (χ0n) is 11.9. The van der Waals surface area contributed by atoms with Crippen molar-refractivity contribution < 1.29 is 4.79 Å². The monoisotopic (exact) mass is 305 g/mol. The minimum Gasteiger partial charge on any atom is -0.398 e. The molecule has 21 heavy (non-hydrogen) atoms. The molecule has 2 bridgehead atoms. The second-order valence-electron chi connectivity index (χ2n) is 6.20. The van der Waals surface area contributed by atoms with Gasteiger partial charge in [-0.2, -0.15) is 0 Å². The number of benzene rings is 1. The molecule has 0 aromatic heterocycles. The maximum absolute atomic E-state index is 12.3. The Hall–Kier alpha value is -1.55. The van der Waals surface area contributed by atoms with Crippen LogP contribution in [0.2, 0.25) is 5.02 Å². The Labute approximate surface area is 129 Å². The molecule has 5 heteroatoms. The number of fused-ring (bicyclic) bond motifs is 3. The van der Waals surface area contributed by atoms with Gasteiger partial charge in [0.25, 0.3) is 5.91 Å². The molecule has 4 rings (SSSR count). The molecule has 3 aliphatic rings. The molecule has 1 aromatic rings. The zero-order valence-corrected chi connectivity index (χ0v) is 12.6. The summed E-state index contributed by atoms with van der Waals surface area (Å²) >= 11 is 5.92. The molecule has 0 spiro atoms. The summed E-state index contributed by atoms with van der Waals surface area (Å²) in [5, 5.41) is 11.6. The number of hydrogen-bond donors (Lipinski definition) is 3. The highest BCUT2D eigenvalue weighted by Crippen LogP contribution is 2.41. The van der Waals surface area contributed by atoms with Crippen LogP contribution in [0.3, 0.4) is 0 Å². The lowest BCUT2D eigenvalue weighted by atomic mass is 9.68. The lowest BCUT2D eigenvalue weighted by Crippen LogP contribution is -2.49. The molecule has 1 unspecified atom stereocenters. The summed E-state index contributed by atoms with van der Waals surface area (Å²) in [6.07, 6.45) is 6.02. The second-order valence-corrected chi connectivity index (χ2v) is 6.64. The van der Waals surface area contributed by atoms with Crippen LogP contribution in [-0.2, 0) is 4.79 Å². The molecular weight excluding hydrogens is 286 g/mol. The summed E-state index contributed by atoms with van der Waals surface area (Å²) in [4.78, 5) is 12.3. The number of hydrogen-bond acceptors (Lipinski definition) is 3. The molecule has 4 N–H and O–H groups in total. The molecule has 3 fully saturated rings. The van der Waals surface area contributed by atoms with Gasteiger partial charge in [-0.05, 0) is 49.3 Å². The van der Waals surface area contributed by atoms with Gasteiger partial charge in [0.15, 0.2) is 0 Å². The maximum atomic E-state index is 12.3. The fraction of sp³-hybridized carbons (Fsp3) is 0.500. The van der Waals surface area contributed by atoms with Crippen LogP contribution >= 0.6 is 11.6 Å². The van der Waals surface area contributed by atoms with Crippen LogP contribution in [0.5, 0.6) is 0 Å². The first-order chi connectivity index (χ1) is 10.0. The third-order valence-electron chi connectivity index (χ3n) is 4.88. The standard InChI is InChI=1S/C16H20ClN3O/c17-11-5-6-13(18)12(8-11)15(19)16(21)20-14-7-9-1-3-10(14)4-2-9/h5-6,8-10,14,19H,1-4,7,18H2,(H,20,21). The summed E-state index contributed by atoms with van der Waals surface area (Å²) in [5.74, 6) is 0.968. The van der Waals surface area contributed by atoms with E-state index in [4.69, 9.17) is 22.7 Å². The van der Waals surface area contributed by atoms with Crippen molar-refractivity contribution in [2.45, 2.75) is 38.1 Å². The highest BCUT2D eigenvalue weighted by molar-refractivity contribution is 6.45. The molecule has 0 radical (unpaired) electrons. The predicted molar refractivity (Wildman–Crippen MR) is 84.7 cm³/mol. The van der Waals surface area contributed by atoms with Gasteiger partial charge < -0.3 is 11.1 Å². The molecule has 1 atom stereocenters. The Kier molecular flexibility index (Phi) is 3.89. The number of nitrogens with one attached hydrogen (secondary N) is 2. The van der Waals surface area contributed by atoms with Crippen LogP contribution < -0.4 is 11.1 Å². The molecule has 1 amide bonds. The van der Waals surface area contributed by atoms with Crippen molar-refractivity contribution in [3.8, 4) is 0 Å². The number of nitrogen functional groups attached to an aromatic ring is 1. The average molecular weight is 306 g/mol. The summed E-state index contributed by atoms with van der Waals surface area (Å²) in [6.45, 7) is 0. The number of carbonyl (C=O) groups is 1. The fourth-order valence-corrected chi connectivity index (χ4v) is 3.83. The van der Waals surface area contributed by atoms with Crippen molar-refractivity contribution in [3.63, 3.8) is 0 Å². The number of halogens is 1. The third-order valence-corrected chi connectivity index (χ3v) is 5.11. The van der Waals surface area contributed by atoms with Crippen molar-refractivity contribution in [2.24, 2.45) is 11.8 Å². The molecule has 3 saturated carbocycles. The van der Waals surface area contributed by atoms with E-state index in [1.165, 1.54) is 25.7 Å². The van der Waals surface area contributed by atoms with E-state index in [0.29, 0.717) is 22.2 Å². The Morgan fingerprint density at radius 1 is 1.29 bits per heavy atom. The fourth-order valence-electron chi connectivity index (χ4n) is 3.66. The van der Waals surface area contributed by atoms with E-state index in [0.717, 1.165) is 12.3 Å². The van der Waals surface area contributed by atoms with E-state index in [1.54, 1.807) is 18.2 Å². The van der Waals surface area contributed by atoms with Crippen LogP contribution in [-0.4, -0.2) is 17.7 Å². The van der Waals surface area contributed by atoms with E-state index in [1.807, 2.05) is 0 Å². The number of nitrogens with two attached hydrogens (primary N) is 1. The Morgan fingerprint density at radius 2 is 2.00 bits per heavy atom. The molecule has 112 valence electrons. The maximum Gasteiger partial charge on any atom is 0.270 e. The first-order valence-electron chi connectivity index (χ1n) is 7.49. The lowest BCUT2D eigenvalue weighted by molar-refractivity contribution is -0.116. The van der Waals surface area contributed by atoms with E-state index < -0.39 is 0 Å². The summed E-state index contributed by atoms with van der Waals surface area (Å²) in [6, 6.07) is 5.07. The van der Waals surface area contributed by atoms with Gasteiger partial charge in [0, 0.05) is 22.3 Å². The SMILES string of the molecule is N=C(C(=O)NC1CC2CCC1CC2)c1cc(Cl)ccc1N. The zero-order chi connectivity index (χ0) is 15.0. The number of anilines is 1. The average Bonchev–Trinajstić information content (AvgIpc) is 2.50. The third kappa shape index (κ3) is 2.91. The molecule has 0 aliphatic heterocycles. The summed E-state index contributed by atoms with van der Waals surface area (Å²) < 4.78 is 0. The lowest BCUT2D eigenvalue weighted by Gasteiger charge is -2.42. The van der Waals surface area contributed by atoms with Gasteiger partial charge in [-0.3, -0.25) is 10.2 Å². The normalized spacial score (nSPS) is 27.4. The van der Waals surface area contributed by atoms with Crippen molar-refractivity contribution >= 4 is 28.9 Å². The highest BCUT2D eigenvalue weighted by Gasteiger charge is 2.36. The molecule has 0 heterocycles. The van der Waals surface area contributed by atoms with Gasteiger partial charge in [-0.1, -0.05) is 24.4 Å². The van der Waals surface area contributed by atoms with E-state index >= 15 is 0 Å². The smallest absolute Gasteiger partial charge is 0.270 e. The van der Waals surface area contributed by atoms with Crippen molar-refractivity contribution in [3.05, 3.63) is 28.8 Å². The topological polar surface area (TPSA) is 79.0 Å². The van der Waals surface area contributed by atoms with Crippen LogP contribution in [0, 0.1) is 17.2 Å². The predicted octanol–water partition coefficient (Wildman–Crippen LogP) is 2.98. The minimum atomic E-state index is -0.346.